The highest BCUT2D eigenvalue weighted by molar-refractivity contribution is 14.1. The highest BCUT2D eigenvalue weighted by Gasteiger charge is 2.63. The van der Waals surface area contributed by atoms with Crippen LogP contribution < -0.4 is 0 Å². The van der Waals surface area contributed by atoms with Crippen LogP contribution in [0.1, 0.15) is 19.4 Å². The molecule has 6 heteroatoms. The molecule has 2 fully saturated rings. The molecular formula is C15H16INO3S. The molecule has 0 radical (unpaired) electrons. The summed E-state index contributed by atoms with van der Waals surface area (Å²) in [7, 11) is 0. The molecule has 1 aromatic carbocycles. The Balaban J connectivity index is 1.70. The summed E-state index contributed by atoms with van der Waals surface area (Å²) < 4.78 is 5.09. The Morgan fingerprint density at radius 1 is 1.38 bits per heavy atom. The van der Waals surface area contributed by atoms with E-state index in [0.717, 1.165) is 5.56 Å². The zero-order valence-corrected chi connectivity index (χ0v) is 14.8. The molecule has 2 aliphatic heterocycles. The van der Waals surface area contributed by atoms with Crippen LogP contribution in [-0.2, 0) is 20.9 Å². The third kappa shape index (κ3) is 2.56. The Labute approximate surface area is 141 Å². The predicted molar refractivity (Wildman–Crippen MR) is 90.1 cm³/mol. The van der Waals surface area contributed by atoms with Crippen molar-refractivity contribution in [2.24, 2.45) is 0 Å². The first kappa shape index (κ1) is 15.1. The highest BCUT2D eigenvalue weighted by Crippen LogP contribution is 2.53. The number of nitrogens with zero attached hydrogens (tertiary/aromatic N) is 1. The van der Waals surface area contributed by atoms with E-state index < -0.39 is 6.04 Å². The summed E-state index contributed by atoms with van der Waals surface area (Å²) in [5, 5.41) is 0.0994. The van der Waals surface area contributed by atoms with E-state index in [2.05, 4.69) is 22.6 Å². The zero-order valence-electron chi connectivity index (χ0n) is 11.8. The average Bonchev–Trinajstić information content (AvgIpc) is 2.74. The molecular weight excluding hydrogens is 401 g/mol. The Hall–Kier alpha value is -0.760. The summed E-state index contributed by atoms with van der Waals surface area (Å²) in [6.45, 7) is 4.25. The van der Waals surface area contributed by atoms with Gasteiger partial charge in [-0.1, -0.05) is 52.9 Å². The Bertz CT molecular complexity index is 578. The zero-order chi connectivity index (χ0) is 15.2. The second-order valence-electron chi connectivity index (χ2n) is 5.75. The van der Waals surface area contributed by atoms with Gasteiger partial charge in [-0.2, -0.15) is 0 Å². The smallest absolute Gasteiger partial charge is 0.330 e. The number of esters is 1. The number of hydrogen-bond donors (Lipinski definition) is 0. The number of thioether (sulfide) groups is 1. The minimum Gasteiger partial charge on any atom is -0.459 e. The van der Waals surface area contributed by atoms with E-state index in [1.54, 1.807) is 16.7 Å². The van der Waals surface area contributed by atoms with Gasteiger partial charge in [0.05, 0.1) is 0 Å². The van der Waals surface area contributed by atoms with Crippen molar-refractivity contribution in [1.82, 2.24) is 4.90 Å². The van der Waals surface area contributed by atoms with Crippen molar-refractivity contribution >= 4 is 46.2 Å². The fraction of sp³-hybridized carbons (Fsp3) is 0.467. The maximum Gasteiger partial charge on any atom is 0.330 e. The summed E-state index contributed by atoms with van der Waals surface area (Å²) in [6, 6.07) is 9.09. The standard InChI is InChI=1S/C15H16INO3S/c1-15(2)11(17-12(18)10(16)13(17)21-15)14(19)20-8-9-6-4-3-5-7-9/h3-7,10-11,13H,8H2,1-2H3/t10-,11+,13-/m1/s1. The van der Waals surface area contributed by atoms with E-state index in [9.17, 15) is 9.59 Å². The molecule has 1 aromatic rings. The van der Waals surface area contributed by atoms with Gasteiger partial charge in [0.2, 0.25) is 5.91 Å². The lowest BCUT2D eigenvalue weighted by molar-refractivity contribution is -0.161. The van der Waals surface area contributed by atoms with Gasteiger partial charge in [0.15, 0.2) is 0 Å². The van der Waals surface area contributed by atoms with Crippen molar-refractivity contribution < 1.29 is 14.3 Å². The summed E-state index contributed by atoms with van der Waals surface area (Å²) in [5.41, 5.74) is 0.951. The van der Waals surface area contributed by atoms with Crippen LogP contribution in [0.5, 0.6) is 0 Å². The number of amides is 1. The Morgan fingerprint density at radius 3 is 2.71 bits per heavy atom. The molecule has 3 rings (SSSR count). The Morgan fingerprint density at radius 2 is 2.05 bits per heavy atom. The van der Waals surface area contributed by atoms with Gasteiger partial charge < -0.3 is 9.64 Å². The number of halogens is 1. The number of benzene rings is 1. The van der Waals surface area contributed by atoms with Crippen LogP contribution in [0.2, 0.25) is 0 Å². The lowest BCUT2D eigenvalue weighted by atomic mass is 9.98. The molecule has 0 aliphatic carbocycles. The summed E-state index contributed by atoms with van der Waals surface area (Å²) in [5.74, 6) is -0.268. The van der Waals surface area contributed by atoms with Crippen LogP contribution in [0.15, 0.2) is 30.3 Å². The molecule has 2 heterocycles. The van der Waals surface area contributed by atoms with Crippen molar-refractivity contribution in [2.75, 3.05) is 0 Å². The van der Waals surface area contributed by atoms with Crippen molar-refractivity contribution in [1.29, 1.82) is 0 Å². The van der Waals surface area contributed by atoms with Crippen LogP contribution in [0, 0.1) is 0 Å². The first-order valence-electron chi connectivity index (χ1n) is 6.76. The fourth-order valence-electron chi connectivity index (χ4n) is 2.75. The maximum absolute atomic E-state index is 12.4. The molecule has 2 aliphatic rings. The number of ether oxygens (including phenoxy) is 1. The van der Waals surface area contributed by atoms with Crippen LogP contribution in [0.4, 0.5) is 0 Å². The lowest BCUT2D eigenvalue weighted by Gasteiger charge is -2.41. The molecule has 21 heavy (non-hydrogen) atoms. The number of rotatable bonds is 3. The first-order chi connectivity index (χ1) is 9.92. The number of fused-ring (bicyclic) bond motifs is 1. The molecule has 0 saturated carbocycles. The van der Waals surface area contributed by atoms with Crippen molar-refractivity contribution in [3.8, 4) is 0 Å². The number of hydrogen-bond acceptors (Lipinski definition) is 4. The molecule has 1 amide bonds. The van der Waals surface area contributed by atoms with Gasteiger partial charge in [-0.05, 0) is 19.4 Å². The van der Waals surface area contributed by atoms with E-state index in [4.69, 9.17) is 4.74 Å². The molecule has 2 saturated heterocycles. The summed E-state index contributed by atoms with van der Waals surface area (Å²) in [6.07, 6.45) is 0. The molecule has 0 N–H and O–H groups in total. The molecule has 0 aromatic heterocycles. The van der Waals surface area contributed by atoms with E-state index in [1.165, 1.54) is 0 Å². The van der Waals surface area contributed by atoms with Gasteiger partial charge in [0.25, 0.3) is 0 Å². The topological polar surface area (TPSA) is 46.6 Å². The van der Waals surface area contributed by atoms with Crippen LogP contribution in [0.3, 0.4) is 0 Å². The van der Waals surface area contributed by atoms with E-state index in [0.29, 0.717) is 0 Å². The molecule has 4 nitrogen and oxygen atoms in total. The van der Waals surface area contributed by atoms with Crippen molar-refractivity contribution in [3.05, 3.63) is 35.9 Å². The minimum absolute atomic E-state index is 0.0289. The third-order valence-electron chi connectivity index (χ3n) is 3.82. The molecule has 3 atom stereocenters. The molecule has 0 unspecified atom stereocenters. The number of carbonyl (C=O) groups excluding carboxylic acids is 2. The number of alkyl halides is 1. The van der Waals surface area contributed by atoms with Gasteiger partial charge in [-0.25, -0.2) is 4.79 Å². The lowest BCUT2D eigenvalue weighted by Crippen LogP contribution is -2.63. The SMILES string of the molecule is CC1(C)S[C@@H]2[C@H](I)C(=O)N2[C@H]1C(=O)OCc1ccccc1. The maximum atomic E-state index is 12.4. The molecule has 0 spiro atoms. The van der Waals surface area contributed by atoms with Crippen molar-refractivity contribution in [2.45, 2.75) is 40.5 Å². The monoisotopic (exact) mass is 417 g/mol. The summed E-state index contributed by atoms with van der Waals surface area (Å²) in [4.78, 5) is 26.2. The fourth-order valence-corrected chi connectivity index (χ4v) is 5.40. The number of β-lactam (4-membered cyclic amide) rings is 1. The first-order valence-corrected chi connectivity index (χ1v) is 8.89. The average molecular weight is 417 g/mol. The highest BCUT2D eigenvalue weighted by atomic mass is 127. The number of carbonyl (C=O) groups is 2. The minimum atomic E-state index is -0.491. The van der Waals surface area contributed by atoms with Crippen molar-refractivity contribution in [3.63, 3.8) is 0 Å². The largest absolute Gasteiger partial charge is 0.459 e. The van der Waals surface area contributed by atoms with Gasteiger partial charge in [0, 0.05) is 4.75 Å². The van der Waals surface area contributed by atoms with Crippen LogP contribution >= 0.6 is 34.4 Å². The van der Waals surface area contributed by atoms with Gasteiger partial charge in [-0.15, -0.1) is 11.8 Å². The van der Waals surface area contributed by atoms with E-state index in [1.807, 2.05) is 44.2 Å². The second kappa shape index (κ2) is 5.46. The summed E-state index contributed by atoms with van der Waals surface area (Å²) >= 11 is 3.84. The normalized spacial score (nSPS) is 29.8. The predicted octanol–water partition coefficient (Wildman–Crippen LogP) is 2.60. The van der Waals surface area contributed by atoms with Gasteiger partial charge >= 0.3 is 5.97 Å². The Kier molecular flexibility index (Phi) is 3.94. The molecule has 112 valence electrons. The quantitative estimate of drug-likeness (QED) is 0.328. The second-order valence-corrected chi connectivity index (χ2v) is 8.87. The van der Waals surface area contributed by atoms with E-state index >= 15 is 0 Å². The van der Waals surface area contributed by atoms with Gasteiger partial charge in [0.1, 0.15) is 21.9 Å². The van der Waals surface area contributed by atoms with Crippen LogP contribution in [0.25, 0.3) is 0 Å². The third-order valence-corrected chi connectivity index (χ3v) is 7.10. The van der Waals surface area contributed by atoms with Crippen LogP contribution in [-0.4, -0.2) is 36.9 Å². The molecule has 0 bridgehead atoms. The van der Waals surface area contributed by atoms with Gasteiger partial charge in [-0.3, -0.25) is 4.79 Å². The van der Waals surface area contributed by atoms with E-state index in [-0.39, 0.29) is 32.5 Å².